The van der Waals surface area contributed by atoms with E-state index in [1.54, 1.807) is 13.1 Å². The Morgan fingerprint density at radius 3 is 2.38 bits per heavy atom. The molecule has 2 atom stereocenters. The number of amides is 1. The summed E-state index contributed by atoms with van der Waals surface area (Å²) in [5.41, 5.74) is 12.8. The fourth-order valence-electron chi connectivity index (χ4n) is 6.34. The molecule has 5 aromatic rings. The van der Waals surface area contributed by atoms with Crippen molar-refractivity contribution in [2.45, 2.75) is 13.5 Å². The Kier molecular flexibility index (Phi) is 6.65. The lowest BCUT2D eigenvalue weighted by Crippen LogP contribution is -2.32. The number of anilines is 1. The molecule has 2 aliphatic rings. The molecule has 0 bridgehead atoms. The summed E-state index contributed by atoms with van der Waals surface area (Å²) >= 11 is 0. The van der Waals surface area contributed by atoms with E-state index in [0.717, 1.165) is 66.4 Å². The molecular weight excluding hydrogens is 522 g/mol. The van der Waals surface area contributed by atoms with Crippen molar-refractivity contribution in [3.8, 4) is 40.2 Å². The monoisotopic (exact) mass is 553 g/mol. The van der Waals surface area contributed by atoms with Crippen LogP contribution in [0, 0.1) is 23.7 Å². The zero-order valence-electron chi connectivity index (χ0n) is 23.4. The molecule has 8 nitrogen and oxygen atoms in total. The molecule has 0 unspecified atom stereocenters. The third-order valence-electron chi connectivity index (χ3n) is 8.34. The van der Waals surface area contributed by atoms with E-state index in [4.69, 9.17) is 15.7 Å². The van der Waals surface area contributed by atoms with Crippen LogP contribution in [0.3, 0.4) is 0 Å². The maximum absolute atomic E-state index is 12.2. The first-order valence-corrected chi connectivity index (χ1v) is 14.3. The zero-order valence-corrected chi connectivity index (χ0v) is 23.4. The van der Waals surface area contributed by atoms with Crippen LogP contribution in [-0.2, 0) is 11.3 Å². The highest BCUT2D eigenvalue weighted by atomic mass is 16.2. The Hall–Kier alpha value is -5.00. The number of benzene rings is 2. The van der Waals surface area contributed by atoms with E-state index in [2.05, 4.69) is 62.7 Å². The van der Waals surface area contributed by atoms with E-state index in [0.29, 0.717) is 23.5 Å². The summed E-state index contributed by atoms with van der Waals surface area (Å²) in [6.45, 7) is 6.19. The first-order chi connectivity index (χ1) is 20.6. The number of pyridine rings is 2. The van der Waals surface area contributed by atoms with Crippen LogP contribution in [-0.4, -0.2) is 61.4 Å². The molecule has 2 saturated heterocycles. The summed E-state index contributed by atoms with van der Waals surface area (Å²) in [6.07, 6.45) is 1.69. The molecular formula is C34H31N7O. The van der Waals surface area contributed by atoms with E-state index in [1.807, 2.05) is 47.4 Å². The standard InChI is InChI=1S/C34H31N7O/c1-2-7-31(42)40-21-25-19-39(20-26(25)22-40)18-23-11-13-27(14-12-23)41-33(28-10-6-17-36-32(28)35)38-30-16-15-29(37-34(30)41)24-8-4-3-5-9-24/h3-6,8-17,25-26H,18-22H2,1H3,(H2,35,36)/t25-,26+. The number of aromatic nitrogens is 4. The summed E-state index contributed by atoms with van der Waals surface area (Å²) < 4.78 is 2.07. The van der Waals surface area contributed by atoms with Gasteiger partial charge >= 0.3 is 0 Å². The van der Waals surface area contributed by atoms with Gasteiger partial charge in [0.15, 0.2) is 11.5 Å². The van der Waals surface area contributed by atoms with Crippen molar-refractivity contribution < 1.29 is 4.79 Å². The molecule has 42 heavy (non-hydrogen) atoms. The number of nitrogen functional groups attached to an aromatic ring is 1. The molecule has 8 heteroatoms. The number of rotatable bonds is 5. The number of fused-ring (bicyclic) bond motifs is 2. The molecule has 2 aromatic carbocycles. The van der Waals surface area contributed by atoms with Crippen LogP contribution >= 0.6 is 0 Å². The Morgan fingerprint density at radius 1 is 0.905 bits per heavy atom. The molecule has 7 rings (SSSR count). The van der Waals surface area contributed by atoms with Crippen LogP contribution < -0.4 is 5.73 Å². The van der Waals surface area contributed by atoms with E-state index in [9.17, 15) is 4.79 Å². The lowest BCUT2D eigenvalue weighted by Gasteiger charge is -2.20. The molecule has 0 aliphatic carbocycles. The van der Waals surface area contributed by atoms with Crippen molar-refractivity contribution in [3.05, 3.63) is 90.6 Å². The van der Waals surface area contributed by atoms with Gasteiger partial charge in [-0.3, -0.25) is 14.3 Å². The molecule has 5 heterocycles. The number of likely N-dealkylation sites (tertiary alicyclic amines) is 2. The molecule has 2 aliphatic heterocycles. The van der Waals surface area contributed by atoms with Crippen LogP contribution in [0.2, 0.25) is 0 Å². The largest absolute Gasteiger partial charge is 0.383 e. The second kappa shape index (κ2) is 10.8. The highest BCUT2D eigenvalue weighted by Gasteiger charge is 2.41. The van der Waals surface area contributed by atoms with Crippen LogP contribution in [0.4, 0.5) is 5.82 Å². The van der Waals surface area contributed by atoms with Crippen molar-refractivity contribution >= 4 is 22.9 Å². The second-order valence-corrected chi connectivity index (χ2v) is 11.1. The van der Waals surface area contributed by atoms with Crippen LogP contribution in [0.5, 0.6) is 0 Å². The maximum atomic E-state index is 12.2. The van der Waals surface area contributed by atoms with Gasteiger partial charge in [-0.25, -0.2) is 15.0 Å². The first-order valence-electron chi connectivity index (χ1n) is 14.3. The van der Waals surface area contributed by atoms with Gasteiger partial charge in [0.1, 0.15) is 11.3 Å². The van der Waals surface area contributed by atoms with Crippen LogP contribution in [0.25, 0.3) is 39.5 Å². The maximum Gasteiger partial charge on any atom is 0.298 e. The summed E-state index contributed by atoms with van der Waals surface area (Å²) in [7, 11) is 0. The smallest absolute Gasteiger partial charge is 0.298 e. The lowest BCUT2D eigenvalue weighted by molar-refractivity contribution is -0.124. The van der Waals surface area contributed by atoms with Crippen LogP contribution in [0.1, 0.15) is 12.5 Å². The van der Waals surface area contributed by atoms with Gasteiger partial charge in [-0.05, 0) is 66.6 Å². The number of hydrogen-bond acceptors (Lipinski definition) is 6. The van der Waals surface area contributed by atoms with Gasteiger partial charge in [-0.15, -0.1) is 0 Å². The molecule has 2 N–H and O–H groups in total. The van der Waals surface area contributed by atoms with E-state index in [-0.39, 0.29) is 5.91 Å². The molecule has 2 fully saturated rings. The lowest BCUT2D eigenvalue weighted by atomic mass is 10.0. The van der Waals surface area contributed by atoms with Gasteiger partial charge in [0.25, 0.3) is 5.91 Å². The quantitative estimate of drug-likeness (QED) is 0.319. The highest BCUT2D eigenvalue weighted by molar-refractivity contribution is 5.93. The fourth-order valence-corrected chi connectivity index (χ4v) is 6.34. The minimum atomic E-state index is -0.0427. The Balaban J connectivity index is 1.18. The Bertz CT molecular complexity index is 1820. The van der Waals surface area contributed by atoms with E-state index < -0.39 is 0 Å². The fraction of sp³-hybridized carbons (Fsp3) is 0.235. The Morgan fingerprint density at radius 2 is 1.67 bits per heavy atom. The van der Waals surface area contributed by atoms with Gasteiger partial charge in [0.05, 0.1) is 11.3 Å². The van der Waals surface area contributed by atoms with E-state index in [1.165, 1.54) is 5.56 Å². The third-order valence-corrected chi connectivity index (χ3v) is 8.34. The van der Waals surface area contributed by atoms with Crippen molar-refractivity contribution in [2.24, 2.45) is 11.8 Å². The van der Waals surface area contributed by atoms with Gasteiger partial charge in [0, 0.05) is 50.2 Å². The summed E-state index contributed by atoms with van der Waals surface area (Å²) in [4.78, 5) is 30.9. The molecule has 0 radical (unpaired) electrons. The number of imidazole rings is 1. The molecule has 1 amide bonds. The van der Waals surface area contributed by atoms with Gasteiger partial charge in [-0.2, -0.15) is 0 Å². The molecule has 208 valence electrons. The normalized spacial score (nSPS) is 18.2. The summed E-state index contributed by atoms with van der Waals surface area (Å²) in [5.74, 6) is 7.54. The van der Waals surface area contributed by atoms with Crippen molar-refractivity contribution in [1.82, 2.24) is 29.3 Å². The van der Waals surface area contributed by atoms with Gasteiger partial charge in [-0.1, -0.05) is 48.4 Å². The number of carbonyl (C=O) groups excluding carboxylic acids is 1. The molecule has 0 saturated carbocycles. The minimum absolute atomic E-state index is 0.0427. The molecule has 3 aromatic heterocycles. The second-order valence-electron chi connectivity index (χ2n) is 11.1. The predicted octanol–water partition coefficient (Wildman–Crippen LogP) is 4.65. The average Bonchev–Trinajstić information content (AvgIpc) is 3.70. The first kappa shape index (κ1) is 25.9. The number of carbonyl (C=O) groups is 1. The van der Waals surface area contributed by atoms with E-state index >= 15 is 0 Å². The molecule has 0 spiro atoms. The van der Waals surface area contributed by atoms with Crippen molar-refractivity contribution in [2.75, 3.05) is 31.9 Å². The average molecular weight is 554 g/mol. The van der Waals surface area contributed by atoms with Crippen LogP contribution in [0.15, 0.2) is 85.1 Å². The third kappa shape index (κ3) is 4.78. The highest BCUT2D eigenvalue weighted by Crippen LogP contribution is 2.34. The zero-order chi connectivity index (χ0) is 28.6. The predicted molar refractivity (Wildman–Crippen MR) is 164 cm³/mol. The topological polar surface area (TPSA) is 93.2 Å². The van der Waals surface area contributed by atoms with Gasteiger partial charge in [0.2, 0.25) is 0 Å². The number of nitrogens with zero attached hydrogens (tertiary/aromatic N) is 6. The van der Waals surface area contributed by atoms with Crippen molar-refractivity contribution in [1.29, 1.82) is 0 Å². The summed E-state index contributed by atoms with van der Waals surface area (Å²) in [5, 5.41) is 0. The minimum Gasteiger partial charge on any atom is -0.383 e. The summed E-state index contributed by atoms with van der Waals surface area (Å²) in [6, 6.07) is 26.6. The SMILES string of the molecule is CC#CC(=O)N1C[C@H]2CN(Cc3ccc(-n4c(-c5cccnc5N)nc5ccc(-c6ccccc6)nc54)cc3)C[C@H]2C1. The Labute approximate surface area is 244 Å². The van der Waals surface area contributed by atoms with Gasteiger partial charge < -0.3 is 10.6 Å². The number of nitrogens with two attached hydrogens (primary N) is 1. The number of hydrogen-bond donors (Lipinski definition) is 1. The van der Waals surface area contributed by atoms with Crippen molar-refractivity contribution in [3.63, 3.8) is 0 Å².